The van der Waals surface area contributed by atoms with Crippen LogP contribution >= 0.6 is 24.0 Å². The van der Waals surface area contributed by atoms with E-state index in [0.29, 0.717) is 18.7 Å². The summed E-state index contributed by atoms with van der Waals surface area (Å²) in [7, 11) is 0. The molecule has 3 N–H and O–H groups in total. The first kappa shape index (κ1) is 22.6. The molecule has 0 spiro atoms. The average Bonchev–Trinajstić information content (AvgIpc) is 2.51. The first-order chi connectivity index (χ1) is 11.2. The zero-order valence-electron chi connectivity index (χ0n) is 14.4. The van der Waals surface area contributed by atoms with Gasteiger partial charge in [0.05, 0.1) is 6.42 Å². The van der Waals surface area contributed by atoms with Crippen molar-refractivity contribution in [1.29, 1.82) is 0 Å². The summed E-state index contributed by atoms with van der Waals surface area (Å²) >= 11 is 0. The van der Waals surface area contributed by atoms with Gasteiger partial charge in [-0.3, -0.25) is 9.79 Å². The van der Waals surface area contributed by atoms with E-state index in [2.05, 4.69) is 27.9 Å². The van der Waals surface area contributed by atoms with Crippen molar-refractivity contribution in [1.82, 2.24) is 16.0 Å². The molecule has 0 saturated heterocycles. The van der Waals surface area contributed by atoms with E-state index in [1.165, 1.54) is 12.1 Å². The number of benzene rings is 1. The molecule has 1 aromatic carbocycles. The standard InChI is InChI=1S/C17H27FN4O.HI/c1-3-5-9-21-17(19-4-2)22-11-10-20-16(23)13-14-7-6-8-15(18)12-14;/h6-8,12H,3-5,9-11,13H2,1-2H3,(H,20,23)(H2,19,21,22);1H. The quantitative estimate of drug-likeness (QED) is 0.235. The monoisotopic (exact) mass is 450 g/mol. The van der Waals surface area contributed by atoms with Gasteiger partial charge >= 0.3 is 0 Å². The highest BCUT2D eigenvalue weighted by atomic mass is 127. The first-order valence-corrected chi connectivity index (χ1v) is 8.19. The SMILES string of the molecule is CCCCN=C(NCC)NCCNC(=O)Cc1cccc(F)c1.I. The van der Waals surface area contributed by atoms with Gasteiger partial charge in [0.1, 0.15) is 5.82 Å². The van der Waals surface area contributed by atoms with Crippen molar-refractivity contribution in [2.75, 3.05) is 26.2 Å². The zero-order valence-corrected chi connectivity index (χ0v) is 16.7. The molecule has 5 nitrogen and oxygen atoms in total. The van der Waals surface area contributed by atoms with Crippen LogP contribution in [0.3, 0.4) is 0 Å². The lowest BCUT2D eigenvalue weighted by atomic mass is 10.1. The number of halogens is 2. The summed E-state index contributed by atoms with van der Waals surface area (Å²) in [4.78, 5) is 16.2. The van der Waals surface area contributed by atoms with E-state index in [9.17, 15) is 9.18 Å². The molecule has 0 aliphatic heterocycles. The van der Waals surface area contributed by atoms with E-state index >= 15 is 0 Å². The smallest absolute Gasteiger partial charge is 0.224 e. The molecule has 0 saturated carbocycles. The van der Waals surface area contributed by atoms with Crippen molar-refractivity contribution in [3.8, 4) is 0 Å². The lowest BCUT2D eigenvalue weighted by molar-refractivity contribution is -0.120. The normalized spacial score (nSPS) is 10.7. The fourth-order valence-electron chi connectivity index (χ4n) is 1.97. The molecule has 0 unspecified atom stereocenters. The van der Waals surface area contributed by atoms with Crippen LogP contribution in [0.1, 0.15) is 32.3 Å². The van der Waals surface area contributed by atoms with Gasteiger partial charge in [-0.1, -0.05) is 25.5 Å². The maximum absolute atomic E-state index is 13.1. The number of amides is 1. The predicted molar refractivity (Wildman–Crippen MR) is 107 cm³/mol. The minimum Gasteiger partial charge on any atom is -0.357 e. The van der Waals surface area contributed by atoms with Gasteiger partial charge in [0.25, 0.3) is 0 Å². The van der Waals surface area contributed by atoms with Gasteiger partial charge < -0.3 is 16.0 Å². The number of guanidine groups is 1. The van der Waals surface area contributed by atoms with Gasteiger partial charge in [-0.05, 0) is 31.0 Å². The van der Waals surface area contributed by atoms with Crippen LogP contribution < -0.4 is 16.0 Å². The molecular weight excluding hydrogens is 422 g/mol. The minimum atomic E-state index is -0.324. The Kier molecular flexibility index (Phi) is 13.2. The Balaban J connectivity index is 0.00000529. The summed E-state index contributed by atoms with van der Waals surface area (Å²) in [6.07, 6.45) is 2.35. The Labute approximate surface area is 160 Å². The molecule has 0 aromatic heterocycles. The number of carbonyl (C=O) groups is 1. The molecular formula is C17H28FIN4O. The van der Waals surface area contributed by atoms with Crippen LogP contribution in [0.5, 0.6) is 0 Å². The van der Waals surface area contributed by atoms with Crippen LogP contribution in [-0.4, -0.2) is 38.0 Å². The van der Waals surface area contributed by atoms with Crippen molar-refractivity contribution in [2.45, 2.75) is 33.1 Å². The van der Waals surface area contributed by atoms with Crippen LogP contribution in [0.15, 0.2) is 29.3 Å². The van der Waals surface area contributed by atoms with E-state index < -0.39 is 0 Å². The van der Waals surface area contributed by atoms with Crippen molar-refractivity contribution in [3.05, 3.63) is 35.6 Å². The fraction of sp³-hybridized carbons (Fsp3) is 0.529. The lowest BCUT2D eigenvalue weighted by Gasteiger charge is -2.11. The molecule has 0 radical (unpaired) electrons. The van der Waals surface area contributed by atoms with E-state index in [1.807, 2.05) is 6.92 Å². The van der Waals surface area contributed by atoms with Gasteiger partial charge in [-0.15, -0.1) is 24.0 Å². The van der Waals surface area contributed by atoms with Crippen LogP contribution in [-0.2, 0) is 11.2 Å². The second-order valence-electron chi connectivity index (χ2n) is 5.20. The van der Waals surface area contributed by atoms with Crippen molar-refractivity contribution < 1.29 is 9.18 Å². The maximum atomic E-state index is 13.1. The molecule has 0 atom stereocenters. The number of nitrogens with zero attached hydrogens (tertiary/aromatic N) is 1. The third-order valence-corrected chi connectivity index (χ3v) is 3.12. The van der Waals surface area contributed by atoms with Crippen molar-refractivity contribution in [2.24, 2.45) is 4.99 Å². The average molecular weight is 450 g/mol. The first-order valence-electron chi connectivity index (χ1n) is 8.19. The number of hydrogen-bond acceptors (Lipinski definition) is 2. The number of rotatable bonds is 9. The molecule has 24 heavy (non-hydrogen) atoms. The molecule has 1 rings (SSSR count). The van der Waals surface area contributed by atoms with Crippen LogP contribution in [0.25, 0.3) is 0 Å². The molecule has 136 valence electrons. The van der Waals surface area contributed by atoms with Gasteiger partial charge in [0, 0.05) is 26.2 Å². The minimum absolute atomic E-state index is 0. The maximum Gasteiger partial charge on any atom is 0.224 e. The van der Waals surface area contributed by atoms with E-state index in [-0.39, 0.29) is 42.1 Å². The lowest BCUT2D eigenvalue weighted by Crippen LogP contribution is -2.41. The number of aliphatic imine (C=N–C) groups is 1. The van der Waals surface area contributed by atoms with Crippen molar-refractivity contribution in [3.63, 3.8) is 0 Å². The highest BCUT2D eigenvalue weighted by Gasteiger charge is 2.04. The summed E-state index contributed by atoms with van der Waals surface area (Å²) in [5.41, 5.74) is 0.671. The fourth-order valence-corrected chi connectivity index (χ4v) is 1.97. The van der Waals surface area contributed by atoms with Crippen LogP contribution in [0, 0.1) is 5.82 Å². The molecule has 1 amide bonds. The summed E-state index contributed by atoms with van der Waals surface area (Å²) in [5, 5.41) is 9.14. The molecule has 7 heteroatoms. The Hall–Kier alpha value is -1.38. The number of unbranched alkanes of at least 4 members (excludes halogenated alkanes) is 1. The van der Waals surface area contributed by atoms with Crippen LogP contribution in [0.4, 0.5) is 4.39 Å². The molecule has 0 fully saturated rings. The third-order valence-electron chi connectivity index (χ3n) is 3.12. The highest BCUT2D eigenvalue weighted by molar-refractivity contribution is 14.0. The zero-order chi connectivity index (χ0) is 16.9. The molecule has 0 heterocycles. The van der Waals surface area contributed by atoms with Crippen LogP contribution in [0.2, 0.25) is 0 Å². The largest absolute Gasteiger partial charge is 0.357 e. The van der Waals surface area contributed by atoms with E-state index in [1.54, 1.807) is 12.1 Å². The van der Waals surface area contributed by atoms with E-state index in [4.69, 9.17) is 0 Å². The van der Waals surface area contributed by atoms with Gasteiger partial charge in [0.15, 0.2) is 5.96 Å². The topological polar surface area (TPSA) is 65.5 Å². The Bertz CT molecular complexity index is 511. The summed E-state index contributed by atoms with van der Waals surface area (Å²) < 4.78 is 13.1. The van der Waals surface area contributed by atoms with Crippen molar-refractivity contribution >= 4 is 35.8 Å². The van der Waals surface area contributed by atoms with Gasteiger partial charge in [0.2, 0.25) is 5.91 Å². The molecule has 0 bridgehead atoms. The Morgan fingerprint density at radius 3 is 2.58 bits per heavy atom. The molecule has 0 aliphatic carbocycles. The Morgan fingerprint density at radius 1 is 1.17 bits per heavy atom. The third kappa shape index (κ3) is 10.4. The second kappa shape index (κ2) is 14.0. The van der Waals surface area contributed by atoms with Gasteiger partial charge in [-0.2, -0.15) is 0 Å². The summed E-state index contributed by atoms with van der Waals surface area (Å²) in [6.45, 7) is 6.81. The van der Waals surface area contributed by atoms with E-state index in [0.717, 1.165) is 31.9 Å². The molecule has 0 aliphatic rings. The number of carbonyl (C=O) groups excluding carboxylic acids is 1. The second-order valence-corrected chi connectivity index (χ2v) is 5.20. The number of hydrogen-bond donors (Lipinski definition) is 3. The number of nitrogens with one attached hydrogen (secondary N) is 3. The molecule has 1 aromatic rings. The van der Waals surface area contributed by atoms with Gasteiger partial charge in [-0.25, -0.2) is 4.39 Å². The highest BCUT2D eigenvalue weighted by Crippen LogP contribution is 2.03. The Morgan fingerprint density at radius 2 is 1.92 bits per heavy atom. The summed E-state index contributed by atoms with van der Waals surface area (Å²) in [5.74, 6) is 0.321. The summed E-state index contributed by atoms with van der Waals surface area (Å²) in [6, 6.07) is 6.09. The predicted octanol–water partition coefficient (Wildman–Crippen LogP) is 2.46.